The lowest BCUT2D eigenvalue weighted by atomic mass is 9.71. The minimum Gasteiger partial charge on any atom is -0.294 e. The van der Waals surface area contributed by atoms with Gasteiger partial charge in [-0.2, -0.15) is 5.26 Å². The van der Waals surface area contributed by atoms with Crippen molar-refractivity contribution in [1.82, 2.24) is 0 Å². The predicted molar refractivity (Wildman–Crippen MR) is 83.5 cm³/mol. The van der Waals surface area contributed by atoms with Crippen LogP contribution >= 0.6 is 0 Å². The summed E-state index contributed by atoms with van der Waals surface area (Å²) in [5.41, 5.74) is 0.901. The van der Waals surface area contributed by atoms with Crippen LogP contribution < -0.4 is 0 Å². The zero-order valence-electron chi connectivity index (χ0n) is 12.4. The average Bonchev–Trinajstić information content (AvgIpc) is 2.60. The summed E-state index contributed by atoms with van der Waals surface area (Å²) < 4.78 is 0. The minimum atomic E-state index is -0.603. The Bertz CT molecular complexity index is 848. The van der Waals surface area contributed by atoms with Crippen molar-refractivity contribution in [2.75, 3.05) is 0 Å². The van der Waals surface area contributed by atoms with Crippen LogP contribution in [0.4, 0.5) is 0 Å². The van der Waals surface area contributed by atoms with E-state index in [-0.39, 0.29) is 22.7 Å². The second-order valence-corrected chi connectivity index (χ2v) is 5.57. The molecule has 0 fully saturated rings. The summed E-state index contributed by atoms with van der Waals surface area (Å²) in [5.74, 6) is -2.08. The van der Waals surface area contributed by atoms with Crippen LogP contribution in [0.1, 0.15) is 22.8 Å². The van der Waals surface area contributed by atoms with Gasteiger partial charge in [0.1, 0.15) is 0 Å². The summed E-state index contributed by atoms with van der Waals surface area (Å²) in [5, 5.41) is 8.81. The molecule has 2 atom stereocenters. The summed E-state index contributed by atoms with van der Waals surface area (Å²) in [6.07, 6.45) is 6.84. The van der Waals surface area contributed by atoms with Crippen LogP contribution in [-0.4, -0.2) is 17.3 Å². The SMILES string of the molecule is CC1=C(C(=O)c2ccc(C#N)cc2)C(=O)C2C=CC=CC2C1=O. The highest BCUT2D eigenvalue weighted by Gasteiger charge is 2.42. The van der Waals surface area contributed by atoms with E-state index in [2.05, 4.69) is 0 Å². The van der Waals surface area contributed by atoms with Crippen molar-refractivity contribution < 1.29 is 14.4 Å². The third-order valence-electron chi connectivity index (χ3n) is 4.23. The minimum absolute atomic E-state index is 0.0408. The zero-order chi connectivity index (χ0) is 16.6. The number of nitriles is 1. The molecule has 0 aliphatic heterocycles. The van der Waals surface area contributed by atoms with Crippen LogP contribution in [0, 0.1) is 23.2 Å². The van der Waals surface area contributed by atoms with Gasteiger partial charge in [-0.25, -0.2) is 0 Å². The lowest BCUT2D eigenvalue weighted by Gasteiger charge is -2.28. The van der Waals surface area contributed by atoms with Gasteiger partial charge < -0.3 is 0 Å². The van der Waals surface area contributed by atoms with Crippen molar-refractivity contribution in [3.8, 4) is 6.07 Å². The zero-order valence-corrected chi connectivity index (χ0v) is 12.4. The fourth-order valence-corrected chi connectivity index (χ4v) is 2.96. The van der Waals surface area contributed by atoms with E-state index in [9.17, 15) is 14.4 Å². The Labute approximate surface area is 133 Å². The maximum Gasteiger partial charge on any atom is 0.197 e. The van der Waals surface area contributed by atoms with Crippen molar-refractivity contribution in [2.45, 2.75) is 6.92 Å². The molecule has 0 saturated carbocycles. The van der Waals surface area contributed by atoms with Crippen molar-refractivity contribution in [2.24, 2.45) is 11.8 Å². The van der Waals surface area contributed by atoms with Gasteiger partial charge in [-0.1, -0.05) is 24.3 Å². The maximum atomic E-state index is 12.7. The second kappa shape index (κ2) is 5.62. The Morgan fingerprint density at radius 3 is 2.13 bits per heavy atom. The van der Waals surface area contributed by atoms with Crippen LogP contribution in [0.2, 0.25) is 0 Å². The molecular formula is C19H13NO3. The van der Waals surface area contributed by atoms with Gasteiger partial charge in [0.25, 0.3) is 0 Å². The molecule has 23 heavy (non-hydrogen) atoms. The molecule has 3 rings (SSSR count). The second-order valence-electron chi connectivity index (χ2n) is 5.57. The van der Waals surface area contributed by atoms with Gasteiger partial charge in [0.05, 0.1) is 29.0 Å². The summed E-state index contributed by atoms with van der Waals surface area (Å²) >= 11 is 0. The third kappa shape index (κ3) is 2.36. The maximum absolute atomic E-state index is 12.7. The van der Waals surface area contributed by atoms with Crippen molar-refractivity contribution in [3.05, 3.63) is 70.8 Å². The molecule has 2 aliphatic rings. The molecule has 4 nitrogen and oxygen atoms in total. The first kappa shape index (κ1) is 14.9. The van der Waals surface area contributed by atoms with Gasteiger partial charge in [-0.05, 0) is 31.2 Å². The number of allylic oxidation sites excluding steroid dienone is 6. The number of hydrogen-bond donors (Lipinski definition) is 0. The van der Waals surface area contributed by atoms with Gasteiger partial charge >= 0.3 is 0 Å². The lowest BCUT2D eigenvalue weighted by molar-refractivity contribution is -0.127. The summed E-state index contributed by atoms with van der Waals surface area (Å²) in [6.45, 7) is 1.53. The highest BCUT2D eigenvalue weighted by molar-refractivity contribution is 6.33. The molecule has 0 spiro atoms. The van der Waals surface area contributed by atoms with E-state index < -0.39 is 17.6 Å². The van der Waals surface area contributed by atoms with Crippen LogP contribution in [0.25, 0.3) is 0 Å². The van der Waals surface area contributed by atoms with Crippen molar-refractivity contribution >= 4 is 17.3 Å². The summed E-state index contributed by atoms with van der Waals surface area (Å²) in [7, 11) is 0. The highest BCUT2D eigenvalue weighted by atomic mass is 16.2. The van der Waals surface area contributed by atoms with E-state index in [0.29, 0.717) is 11.1 Å². The van der Waals surface area contributed by atoms with Gasteiger partial charge in [0, 0.05) is 11.1 Å². The van der Waals surface area contributed by atoms with Crippen LogP contribution in [0.3, 0.4) is 0 Å². The molecule has 1 aromatic carbocycles. The van der Waals surface area contributed by atoms with Gasteiger partial charge in [-0.15, -0.1) is 0 Å². The molecule has 1 aromatic rings. The van der Waals surface area contributed by atoms with E-state index in [1.807, 2.05) is 6.07 Å². The Hall–Kier alpha value is -3.06. The standard InChI is InChI=1S/C19H13NO3/c1-11-16(18(22)13-8-6-12(10-20)7-9-13)19(23)15-5-3-2-4-14(15)17(11)21/h2-9,14-15H,1H3. The van der Waals surface area contributed by atoms with Crippen molar-refractivity contribution in [1.29, 1.82) is 5.26 Å². The van der Waals surface area contributed by atoms with Gasteiger partial charge in [0.15, 0.2) is 17.3 Å². The fourth-order valence-electron chi connectivity index (χ4n) is 2.96. The molecule has 0 N–H and O–H groups in total. The Kier molecular flexibility index (Phi) is 3.63. The number of Topliss-reactive ketones (excluding diaryl/α,β-unsaturated/α-hetero) is 3. The summed E-state index contributed by atoms with van der Waals surface area (Å²) in [6, 6.07) is 8.01. The predicted octanol–water partition coefficient (Wildman–Crippen LogP) is 2.57. The van der Waals surface area contributed by atoms with E-state index in [1.165, 1.54) is 31.2 Å². The van der Waals surface area contributed by atoms with Crippen LogP contribution in [0.15, 0.2) is 59.7 Å². The molecule has 2 aliphatic carbocycles. The molecule has 0 saturated heterocycles. The van der Waals surface area contributed by atoms with Crippen LogP contribution in [-0.2, 0) is 9.59 Å². The Balaban J connectivity index is 2.04. The molecule has 0 radical (unpaired) electrons. The number of fused-ring (bicyclic) bond motifs is 1. The number of nitrogens with zero attached hydrogens (tertiary/aromatic N) is 1. The molecular weight excluding hydrogens is 290 g/mol. The first-order valence-corrected chi connectivity index (χ1v) is 7.23. The lowest BCUT2D eigenvalue weighted by Crippen LogP contribution is -2.38. The number of hydrogen-bond acceptors (Lipinski definition) is 4. The van der Waals surface area contributed by atoms with Crippen molar-refractivity contribution in [3.63, 3.8) is 0 Å². The largest absolute Gasteiger partial charge is 0.294 e. The molecule has 112 valence electrons. The third-order valence-corrected chi connectivity index (χ3v) is 4.23. The first-order valence-electron chi connectivity index (χ1n) is 7.23. The van der Waals surface area contributed by atoms with Crippen LogP contribution in [0.5, 0.6) is 0 Å². The number of benzene rings is 1. The smallest absolute Gasteiger partial charge is 0.197 e. The van der Waals surface area contributed by atoms with E-state index in [4.69, 9.17) is 5.26 Å². The molecule has 2 unspecified atom stereocenters. The average molecular weight is 303 g/mol. The quantitative estimate of drug-likeness (QED) is 0.621. The number of ketones is 3. The first-order chi connectivity index (χ1) is 11.0. The molecule has 0 heterocycles. The molecule has 0 amide bonds. The fraction of sp³-hybridized carbons (Fsp3) is 0.158. The van der Waals surface area contributed by atoms with E-state index in [1.54, 1.807) is 24.3 Å². The molecule has 4 heteroatoms. The highest BCUT2D eigenvalue weighted by Crippen LogP contribution is 2.34. The van der Waals surface area contributed by atoms with Gasteiger partial charge in [0.2, 0.25) is 0 Å². The number of rotatable bonds is 2. The normalized spacial score (nSPS) is 22.8. The van der Waals surface area contributed by atoms with E-state index >= 15 is 0 Å². The van der Waals surface area contributed by atoms with E-state index in [0.717, 1.165) is 0 Å². The Morgan fingerprint density at radius 2 is 1.57 bits per heavy atom. The molecule has 0 bridgehead atoms. The molecule has 0 aromatic heterocycles. The Morgan fingerprint density at radius 1 is 1.00 bits per heavy atom. The topological polar surface area (TPSA) is 75.0 Å². The number of carbonyl (C=O) groups is 3. The monoisotopic (exact) mass is 303 g/mol. The summed E-state index contributed by atoms with van der Waals surface area (Å²) in [4.78, 5) is 37.8. The van der Waals surface area contributed by atoms with Gasteiger partial charge in [-0.3, -0.25) is 14.4 Å². The number of carbonyl (C=O) groups excluding carboxylic acids is 3.